The van der Waals surface area contributed by atoms with Gasteiger partial charge in [-0.15, -0.1) is 0 Å². The quantitative estimate of drug-likeness (QED) is 0.474. The molecule has 0 radical (unpaired) electrons. The molecule has 2 aromatic carbocycles. The molecule has 1 aliphatic heterocycles. The summed E-state index contributed by atoms with van der Waals surface area (Å²) in [6.07, 6.45) is 1.47. The number of nitriles is 1. The molecular weight excluding hydrogens is 322 g/mol. The maximum atomic E-state index is 12.1. The fourth-order valence-electron chi connectivity index (χ4n) is 2.26. The van der Waals surface area contributed by atoms with E-state index in [0.29, 0.717) is 22.8 Å². The molecule has 1 aliphatic rings. The van der Waals surface area contributed by atoms with Gasteiger partial charge in [-0.3, -0.25) is 0 Å². The van der Waals surface area contributed by atoms with Gasteiger partial charge in [0.2, 0.25) is 6.79 Å². The molecule has 0 aliphatic carbocycles. The summed E-state index contributed by atoms with van der Waals surface area (Å²) in [6, 6.07) is 14.1. The number of hydrogen-bond donors (Lipinski definition) is 0. The van der Waals surface area contributed by atoms with Gasteiger partial charge in [-0.2, -0.15) is 5.26 Å². The summed E-state index contributed by atoms with van der Waals surface area (Å²) in [5.74, 6) is 1.28. The van der Waals surface area contributed by atoms with Gasteiger partial charge in [0.05, 0.1) is 7.11 Å². The van der Waals surface area contributed by atoms with E-state index in [1.54, 1.807) is 49.6 Å². The lowest BCUT2D eigenvalue weighted by molar-refractivity contribution is -0.139. The Morgan fingerprint density at radius 1 is 1.20 bits per heavy atom. The van der Waals surface area contributed by atoms with Crippen molar-refractivity contribution >= 4 is 12.0 Å². The molecule has 126 valence electrons. The predicted octanol–water partition coefficient (Wildman–Crippen LogP) is 3.07. The zero-order valence-corrected chi connectivity index (χ0v) is 13.5. The summed E-state index contributed by atoms with van der Waals surface area (Å²) < 4.78 is 20.8. The minimum absolute atomic E-state index is 0.0388. The van der Waals surface area contributed by atoms with Crippen LogP contribution in [0.4, 0.5) is 0 Å². The van der Waals surface area contributed by atoms with E-state index in [1.165, 1.54) is 6.08 Å². The van der Waals surface area contributed by atoms with Gasteiger partial charge in [-0.25, -0.2) is 4.79 Å². The van der Waals surface area contributed by atoms with Crippen molar-refractivity contribution in [2.45, 2.75) is 6.61 Å². The lowest BCUT2D eigenvalue weighted by Gasteiger charge is -2.05. The number of carbonyl (C=O) groups excluding carboxylic acids is 1. The van der Waals surface area contributed by atoms with Crippen molar-refractivity contribution in [1.82, 2.24) is 0 Å². The van der Waals surface area contributed by atoms with Crippen molar-refractivity contribution in [2.24, 2.45) is 0 Å². The third kappa shape index (κ3) is 3.90. The third-order valence-electron chi connectivity index (χ3n) is 3.57. The second kappa shape index (κ2) is 7.41. The molecule has 0 unspecified atom stereocenters. The standard InChI is InChI=1S/C19H15NO5/c1-22-16-5-2-13(3-6-16)8-15(10-20)19(21)23-11-14-4-7-17-18(9-14)25-12-24-17/h2-9H,11-12H2,1H3/b15-8+. The van der Waals surface area contributed by atoms with Crippen LogP contribution in [0.15, 0.2) is 48.0 Å². The second-order valence-corrected chi connectivity index (χ2v) is 5.21. The number of benzene rings is 2. The number of rotatable bonds is 5. The molecular formula is C19H15NO5. The van der Waals surface area contributed by atoms with Crippen LogP contribution >= 0.6 is 0 Å². The van der Waals surface area contributed by atoms with Crippen LogP contribution in [0.2, 0.25) is 0 Å². The Balaban J connectivity index is 1.66. The molecule has 0 aromatic heterocycles. The Morgan fingerprint density at radius 3 is 2.68 bits per heavy atom. The van der Waals surface area contributed by atoms with E-state index < -0.39 is 5.97 Å². The molecule has 0 spiro atoms. The van der Waals surface area contributed by atoms with Crippen LogP contribution < -0.4 is 14.2 Å². The van der Waals surface area contributed by atoms with Crippen molar-refractivity contribution in [1.29, 1.82) is 5.26 Å². The van der Waals surface area contributed by atoms with E-state index in [4.69, 9.17) is 18.9 Å². The van der Waals surface area contributed by atoms with Gasteiger partial charge in [0.1, 0.15) is 24.0 Å². The van der Waals surface area contributed by atoms with Crippen molar-refractivity contribution in [3.8, 4) is 23.3 Å². The molecule has 0 amide bonds. The number of carbonyl (C=O) groups is 1. The molecule has 25 heavy (non-hydrogen) atoms. The molecule has 1 heterocycles. The van der Waals surface area contributed by atoms with Crippen molar-refractivity contribution in [3.63, 3.8) is 0 Å². The highest BCUT2D eigenvalue weighted by atomic mass is 16.7. The minimum Gasteiger partial charge on any atom is -0.497 e. The normalized spacial score (nSPS) is 12.4. The molecule has 6 nitrogen and oxygen atoms in total. The minimum atomic E-state index is -0.684. The van der Waals surface area contributed by atoms with Crippen LogP contribution in [0.5, 0.6) is 17.2 Å². The Kier molecular flexibility index (Phi) is 4.86. The summed E-state index contributed by atoms with van der Waals surface area (Å²) in [5.41, 5.74) is 1.38. The van der Waals surface area contributed by atoms with Crippen LogP contribution in [-0.2, 0) is 16.1 Å². The Hall–Kier alpha value is -3.46. The van der Waals surface area contributed by atoms with Gasteiger partial charge in [-0.05, 0) is 41.5 Å². The summed E-state index contributed by atoms with van der Waals surface area (Å²) in [5, 5.41) is 9.20. The predicted molar refractivity (Wildman–Crippen MR) is 88.9 cm³/mol. The summed E-state index contributed by atoms with van der Waals surface area (Å²) >= 11 is 0. The average molecular weight is 337 g/mol. The van der Waals surface area contributed by atoms with Crippen LogP contribution in [-0.4, -0.2) is 19.9 Å². The Morgan fingerprint density at radius 2 is 1.96 bits per heavy atom. The van der Waals surface area contributed by atoms with Gasteiger partial charge in [0.15, 0.2) is 11.5 Å². The first kappa shape index (κ1) is 16.4. The topological polar surface area (TPSA) is 77.8 Å². The van der Waals surface area contributed by atoms with E-state index in [0.717, 1.165) is 5.56 Å². The number of ether oxygens (including phenoxy) is 4. The van der Waals surface area contributed by atoms with Gasteiger partial charge >= 0.3 is 5.97 Å². The van der Waals surface area contributed by atoms with Crippen LogP contribution in [0.3, 0.4) is 0 Å². The van der Waals surface area contributed by atoms with Gasteiger partial charge in [-0.1, -0.05) is 18.2 Å². The summed E-state index contributed by atoms with van der Waals surface area (Å²) in [6.45, 7) is 0.221. The van der Waals surface area contributed by atoms with E-state index in [9.17, 15) is 10.1 Å². The molecule has 0 bridgehead atoms. The summed E-state index contributed by atoms with van der Waals surface area (Å²) in [4.78, 5) is 12.1. The second-order valence-electron chi connectivity index (χ2n) is 5.21. The fraction of sp³-hybridized carbons (Fsp3) is 0.158. The van der Waals surface area contributed by atoms with E-state index >= 15 is 0 Å². The number of nitrogens with zero attached hydrogens (tertiary/aromatic N) is 1. The third-order valence-corrected chi connectivity index (χ3v) is 3.57. The van der Waals surface area contributed by atoms with Crippen molar-refractivity contribution in [3.05, 3.63) is 59.2 Å². The van der Waals surface area contributed by atoms with E-state index in [-0.39, 0.29) is 19.0 Å². The highest BCUT2D eigenvalue weighted by Gasteiger charge is 2.15. The van der Waals surface area contributed by atoms with E-state index in [2.05, 4.69) is 0 Å². The first-order chi connectivity index (χ1) is 12.2. The summed E-state index contributed by atoms with van der Waals surface area (Å²) in [7, 11) is 1.57. The van der Waals surface area contributed by atoms with Crippen molar-refractivity contribution in [2.75, 3.05) is 13.9 Å². The smallest absolute Gasteiger partial charge is 0.349 e. The van der Waals surface area contributed by atoms with Gasteiger partial charge < -0.3 is 18.9 Å². The Bertz CT molecular complexity index is 849. The maximum Gasteiger partial charge on any atom is 0.349 e. The first-order valence-corrected chi connectivity index (χ1v) is 7.51. The van der Waals surface area contributed by atoms with Gasteiger partial charge in [0.25, 0.3) is 0 Å². The fourth-order valence-corrected chi connectivity index (χ4v) is 2.26. The van der Waals surface area contributed by atoms with Crippen LogP contribution in [0.25, 0.3) is 6.08 Å². The lowest BCUT2D eigenvalue weighted by atomic mass is 10.1. The zero-order chi connectivity index (χ0) is 17.6. The maximum absolute atomic E-state index is 12.1. The SMILES string of the molecule is COc1ccc(/C=C(\C#N)C(=O)OCc2ccc3c(c2)OCO3)cc1. The first-order valence-electron chi connectivity index (χ1n) is 7.51. The Labute approximate surface area is 144 Å². The molecule has 0 saturated heterocycles. The number of methoxy groups -OCH3 is 1. The number of fused-ring (bicyclic) bond motifs is 1. The molecule has 0 fully saturated rings. The molecule has 0 atom stereocenters. The average Bonchev–Trinajstić information content (AvgIpc) is 3.12. The number of hydrogen-bond acceptors (Lipinski definition) is 6. The van der Waals surface area contributed by atoms with Crippen molar-refractivity contribution < 1.29 is 23.7 Å². The van der Waals surface area contributed by atoms with Gasteiger partial charge in [0, 0.05) is 0 Å². The monoisotopic (exact) mass is 337 g/mol. The molecule has 0 N–H and O–H groups in total. The van der Waals surface area contributed by atoms with Crippen LogP contribution in [0.1, 0.15) is 11.1 Å². The van der Waals surface area contributed by atoms with Crippen LogP contribution in [0, 0.1) is 11.3 Å². The highest BCUT2D eigenvalue weighted by molar-refractivity contribution is 5.97. The molecule has 6 heteroatoms. The number of esters is 1. The largest absolute Gasteiger partial charge is 0.497 e. The molecule has 2 aromatic rings. The zero-order valence-electron chi connectivity index (χ0n) is 13.5. The molecule has 0 saturated carbocycles. The highest BCUT2D eigenvalue weighted by Crippen LogP contribution is 2.32. The van der Waals surface area contributed by atoms with E-state index in [1.807, 2.05) is 6.07 Å². The molecule has 3 rings (SSSR count). The lowest BCUT2D eigenvalue weighted by Crippen LogP contribution is -2.06.